The third kappa shape index (κ3) is 2.91. The van der Waals surface area contributed by atoms with Crippen molar-refractivity contribution < 1.29 is 4.74 Å². The van der Waals surface area contributed by atoms with Gasteiger partial charge < -0.3 is 9.64 Å². The summed E-state index contributed by atoms with van der Waals surface area (Å²) in [6.45, 7) is 3.04. The molecule has 116 valence electrons. The molecule has 21 heavy (non-hydrogen) atoms. The molecule has 2 saturated heterocycles. The van der Waals surface area contributed by atoms with E-state index in [4.69, 9.17) is 27.9 Å². The van der Waals surface area contributed by atoms with Crippen LogP contribution in [0.25, 0.3) is 0 Å². The van der Waals surface area contributed by atoms with Gasteiger partial charge in [0.2, 0.25) is 0 Å². The minimum absolute atomic E-state index is 0.528. The van der Waals surface area contributed by atoms with E-state index in [0.717, 1.165) is 18.6 Å². The van der Waals surface area contributed by atoms with Crippen molar-refractivity contribution in [3.8, 4) is 5.75 Å². The summed E-state index contributed by atoms with van der Waals surface area (Å²) in [5.74, 6) is 2.06. The molecule has 3 rings (SSSR count). The maximum Gasteiger partial charge on any atom is 0.139 e. The Kier molecular flexibility index (Phi) is 4.68. The number of hydrogen-bond acceptors (Lipinski definition) is 2. The number of nitrogens with zero attached hydrogens (tertiary/aromatic N) is 1. The number of hydrogen-bond donors (Lipinski definition) is 0. The highest BCUT2D eigenvalue weighted by atomic mass is 35.5. The Hall–Kier alpha value is -0.440. The summed E-state index contributed by atoms with van der Waals surface area (Å²) in [7, 11) is 2.27. The van der Waals surface area contributed by atoms with Crippen molar-refractivity contribution in [3.63, 3.8) is 0 Å². The van der Waals surface area contributed by atoms with E-state index in [1.165, 1.54) is 25.7 Å². The minimum atomic E-state index is 0.528. The van der Waals surface area contributed by atoms with Gasteiger partial charge in [-0.25, -0.2) is 0 Å². The highest BCUT2D eigenvalue weighted by Crippen LogP contribution is 2.43. The molecule has 4 atom stereocenters. The van der Waals surface area contributed by atoms with Crippen molar-refractivity contribution in [2.45, 2.75) is 44.7 Å². The maximum atomic E-state index is 6.22. The largest absolute Gasteiger partial charge is 0.492 e. The van der Waals surface area contributed by atoms with E-state index in [9.17, 15) is 0 Å². The van der Waals surface area contributed by atoms with Gasteiger partial charge in [-0.3, -0.25) is 0 Å². The lowest BCUT2D eigenvalue weighted by Gasteiger charge is -2.42. The topological polar surface area (TPSA) is 12.5 Å². The Morgan fingerprint density at radius 3 is 2.86 bits per heavy atom. The van der Waals surface area contributed by atoms with E-state index in [1.807, 2.05) is 12.1 Å². The molecule has 2 aliphatic heterocycles. The van der Waals surface area contributed by atoms with Crippen molar-refractivity contribution in [1.29, 1.82) is 0 Å². The molecule has 2 fully saturated rings. The number of halogens is 2. The molecular formula is C17H23Cl2NO. The zero-order valence-corrected chi connectivity index (χ0v) is 14.2. The fraction of sp³-hybridized carbons (Fsp3) is 0.647. The molecule has 1 aromatic carbocycles. The zero-order valence-electron chi connectivity index (χ0n) is 12.7. The second-order valence-electron chi connectivity index (χ2n) is 6.39. The van der Waals surface area contributed by atoms with E-state index >= 15 is 0 Å². The minimum Gasteiger partial charge on any atom is -0.492 e. The normalized spacial score (nSPS) is 32.4. The molecule has 0 radical (unpaired) electrons. The predicted molar refractivity (Wildman–Crippen MR) is 88.4 cm³/mol. The highest BCUT2D eigenvalue weighted by molar-refractivity contribution is 6.42. The summed E-state index contributed by atoms with van der Waals surface area (Å²) in [5.41, 5.74) is 0. The molecule has 0 aliphatic carbocycles. The SMILES string of the molecule is CC[C@H]1CC2CCC([C@@H]1COc1cccc(Cl)c1Cl)N2C. The second-order valence-corrected chi connectivity index (χ2v) is 7.18. The van der Waals surface area contributed by atoms with Crippen LogP contribution >= 0.6 is 23.2 Å². The Labute approximate surface area is 137 Å². The summed E-state index contributed by atoms with van der Waals surface area (Å²) in [6, 6.07) is 7.03. The first-order valence-electron chi connectivity index (χ1n) is 7.90. The van der Waals surface area contributed by atoms with Gasteiger partial charge in [0.1, 0.15) is 10.8 Å². The van der Waals surface area contributed by atoms with E-state index in [2.05, 4.69) is 18.9 Å². The van der Waals surface area contributed by atoms with Crippen LogP contribution < -0.4 is 4.74 Å². The molecule has 2 bridgehead atoms. The Bertz CT molecular complexity index is 508. The number of ether oxygens (including phenoxy) is 1. The lowest BCUT2D eigenvalue weighted by atomic mass is 9.79. The van der Waals surface area contributed by atoms with Crippen LogP contribution in [0.1, 0.15) is 32.6 Å². The summed E-state index contributed by atoms with van der Waals surface area (Å²) in [6.07, 6.45) is 5.18. The van der Waals surface area contributed by atoms with Gasteiger partial charge in [-0.1, -0.05) is 42.6 Å². The van der Waals surface area contributed by atoms with Gasteiger partial charge in [0.25, 0.3) is 0 Å². The van der Waals surface area contributed by atoms with Crippen molar-refractivity contribution in [2.75, 3.05) is 13.7 Å². The molecule has 2 aliphatic rings. The standard InChI is InChI=1S/C17H23Cl2NO/c1-3-11-9-12-7-8-15(20(12)2)13(11)10-21-16-6-4-5-14(18)17(16)19/h4-6,11-13,15H,3,7-10H2,1-2H3/t11-,12?,13+,15?/m0/s1. The Morgan fingerprint density at radius 1 is 1.29 bits per heavy atom. The summed E-state index contributed by atoms with van der Waals surface area (Å²) >= 11 is 12.3. The third-order valence-corrected chi connectivity index (χ3v) is 6.24. The van der Waals surface area contributed by atoms with Crippen LogP contribution in [-0.2, 0) is 0 Å². The second kappa shape index (κ2) is 6.36. The Morgan fingerprint density at radius 2 is 2.10 bits per heavy atom. The van der Waals surface area contributed by atoms with Crippen LogP contribution in [0.4, 0.5) is 0 Å². The smallest absolute Gasteiger partial charge is 0.139 e. The molecule has 0 N–H and O–H groups in total. The van der Waals surface area contributed by atoms with Crippen molar-refractivity contribution in [1.82, 2.24) is 4.90 Å². The van der Waals surface area contributed by atoms with Crippen molar-refractivity contribution >= 4 is 23.2 Å². The lowest BCUT2D eigenvalue weighted by Crippen LogP contribution is -2.48. The fourth-order valence-corrected chi connectivity index (χ4v) is 4.52. The Balaban J connectivity index is 1.72. The first-order valence-corrected chi connectivity index (χ1v) is 8.66. The monoisotopic (exact) mass is 327 g/mol. The molecule has 1 aromatic rings. The molecule has 2 nitrogen and oxygen atoms in total. The molecule has 0 saturated carbocycles. The predicted octanol–water partition coefficient (Wildman–Crippen LogP) is 4.88. The highest BCUT2D eigenvalue weighted by Gasteiger charge is 2.44. The van der Waals surface area contributed by atoms with Gasteiger partial charge in [0.05, 0.1) is 11.6 Å². The summed E-state index contributed by atoms with van der Waals surface area (Å²) in [4.78, 5) is 2.57. The summed E-state index contributed by atoms with van der Waals surface area (Å²) in [5, 5.41) is 1.09. The van der Waals surface area contributed by atoms with Gasteiger partial charge in [-0.2, -0.15) is 0 Å². The van der Waals surface area contributed by atoms with Crippen LogP contribution in [0.2, 0.25) is 10.0 Å². The average molecular weight is 328 g/mol. The molecule has 0 spiro atoms. The summed E-state index contributed by atoms with van der Waals surface area (Å²) < 4.78 is 6.05. The quantitative estimate of drug-likeness (QED) is 0.781. The molecule has 0 aromatic heterocycles. The first-order chi connectivity index (χ1) is 10.1. The van der Waals surface area contributed by atoms with Gasteiger partial charge in [0, 0.05) is 18.0 Å². The molecule has 4 heteroatoms. The van der Waals surface area contributed by atoms with E-state index in [1.54, 1.807) is 6.07 Å². The lowest BCUT2D eigenvalue weighted by molar-refractivity contribution is 0.0361. The first kappa shape index (κ1) is 15.5. The van der Waals surface area contributed by atoms with Crippen molar-refractivity contribution in [3.05, 3.63) is 28.2 Å². The fourth-order valence-electron chi connectivity index (χ4n) is 4.18. The number of piperidine rings is 1. The van der Waals surface area contributed by atoms with Crippen molar-refractivity contribution in [2.24, 2.45) is 11.8 Å². The molecule has 2 unspecified atom stereocenters. The van der Waals surface area contributed by atoms with Gasteiger partial charge in [-0.05, 0) is 44.4 Å². The molecule has 2 heterocycles. The number of rotatable bonds is 4. The van der Waals surface area contributed by atoms with E-state index in [0.29, 0.717) is 27.8 Å². The van der Waals surface area contributed by atoms with Crippen LogP contribution in [0.3, 0.4) is 0 Å². The number of fused-ring (bicyclic) bond motifs is 2. The van der Waals surface area contributed by atoms with Gasteiger partial charge in [0.15, 0.2) is 0 Å². The molecule has 0 amide bonds. The third-order valence-electron chi connectivity index (χ3n) is 5.44. The van der Waals surface area contributed by atoms with Gasteiger partial charge in [-0.15, -0.1) is 0 Å². The van der Waals surface area contributed by atoms with Crippen LogP contribution in [0, 0.1) is 11.8 Å². The van der Waals surface area contributed by atoms with E-state index < -0.39 is 0 Å². The van der Waals surface area contributed by atoms with Crippen LogP contribution in [-0.4, -0.2) is 30.6 Å². The maximum absolute atomic E-state index is 6.22. The number of benzene rings is 1. The zero-order chi connectivity index (χ0) is 15.0. The van der Waals surface area contributed by atoms with E-state index in [-0.39, 0.29) is 0 Å². The molecular weight excluding hydrogens is 305 g/mol. The van der Waals surface area contributed by atoms with Crippen LogP contribution in [0.5, 0.6) is 5.75 Å². The average Bonchev–Trinajstić information content (AvgIpc) is 2.73. The van der Waals surface area contributed by atoms with Gasteiger partial charge >= 0.3 is 0 Å². The van der Waals surface area contributed by atoms with Crippen LogP contribution in [0.15, 0.2) is 18.2 Å².